The summed E-state index contributed by atoms with van der Waals surface area (Å²) in [5.41, 5.74) is 7.76. The van der Waals surface area contributed by atoms with Gasteiger partial charge in [0.2, 0.25) is 10.0 Å². The minimum absolute atomic E-state index is 0.175. The predicted molar refractivity (Wildman–Crippen MR) is 82.0 cm³/mol. The maximum atomic E-state index is 12.8. The van der Waals surface area contributed by atoms with Crippen LogP contribution in [-0.4, -0.2) is 29.0 Å². The fourth-order valence-corrected chi connectivity index (χ4v) is 3.89. The lowest BCUT2D eigenvalue weighted by Crippen LogP contribution is -2.36. The third kappa shape index (κ3) is 3.25. The second-order valence-corrected chi connectivity index (χ2v) is 7.11. The third-order valence-electron chi connectivity index (χ3n) is 3.24. The zero-order valence-corrected chi connectivity index (χ0v) is 13.2. The summed E-state index contributed by atoms with van der Waals surface area (Å²) in [5, 5.41) is 6.47. The molecule has 0 saturated carbocycles. The second-order valence-electron chi connectivity index (χ2n) is 5.25. The normalized spacial score (nSPS) is 12.2. The van der Waals surface area contributed by atoms with Crippen LogP contribution in [0.3, 0.4) is 0 Å². The van der Waals surface area contributed by atoms with Gasteiger partial charge in [0.1, 0.15) is 4.90 Å². The number of nitrogen functional groups attached to an aromatic ring is 1. The number of aromatic nitrogens is 2. The molecule has 2 rings (SSSR count). The molecule has 0 spiro atoms. The standard InChI is InChI=1S/C14H20N4O2S/c1-10(2)18(9-12-5-4-6-13(15)7-12)21(19,20)14-8-16-17-11(14)3/h4-8,10H,9,15H2,1-3H3,(H,16,17). The molecule has 0 aliphatic carbocycles. The molecule has 21 heavy (non-hydrogen) atoms. The summed E-state index contributed by atoms with van der Waals surface area (Å²) in [4.78, 5) is 0.208. The fourth-order valence-electron chi connectivity index (χ4n) is 2.14. The molecule has 0 amide bonds. The SMILES string of the molecule is Cc1[nH]ncc1S(=O)(=O)N(Cc1cccc(N)c1)C(C)C. The molecule has 114 valence electrons. The van der Waals surface area contributed by atoms with Crippen molar-refractivity contribution in [3.63, 3.8) is 0 Å². The summed E-state index contributed by atoms with van der Waals surface area (Å²) in [6.07, 6.45) is 1.35. The molecular formula is C14H20N4O2S. The van der Waals surface area contributed by atoms with Crippen molar-refractivity contribution in [2.75, 3.05) is 5.73 Å². The van der Waals surface area contributed by atoms with E-state index in [4.69, 9.17) is 5.73 Å². The largest absolute Gasteiger partial charge is 0.399 e. The van der Waals surface area contributed by atoms with E-state index >= 15 is 0 Å². The summed E-state index contributed by atoms with van der Waals surface area (Å²) >= 11 is 0. The Balaban J connectivity index is 2.38. The molecule has 0 fully saturated rings. The first-order chi connectivity index (χ1) is 9.82. The minimum atomic E-state index is -3.60. The van der Waals surface area contributed by atoms with Gasteiger partial charge in [0, 0.05) is 18.3 Å². The van der Waals surface area contributed by atoms with Gasteiger partial charge >= 0.3 is 0 Å². The van der Waals surface area contributed by atoms with Crippen LogP contribution in [0.25, 0.3) is 0 Å². The fraction of sp³-hybridized carbons (Fsp3) is 0.357. The van der Waals surface area contributed by atoms with E-state index in [0.29, 0.717) is 11.4 Å². The van der Waals surface area contributed by atoms with E-state index in [1.54, 1.807) is 19.1 Å². The van der Waals surface area contributed by atoms with E-state index in [0.717, 1.165) is 5.56 Å². The number of hydrogen-bond acceptors (Lipinski definition) is 4. The van der Waals surface area contributed by atoms with Gasteiger partial charge in [0.15, 0.2) is 0 Å². The summed E-state index contributed by atoms with van der Waals surface area (Å²) < 4.78 is 27.0. The van der Waals surface area contributed by atoms with Crippen molar-refractivity contribution in [3.05, 3.63) is 41.7 Å². The Morgan fingerprint density at radius 1 is 1.38 bits per heavy atom. The molecule has 0 aliphatic heterocycles. The predicted octanol–water partition coefficient (Wildman–Crippen LogP) is 1.90. The molecule has 7 heteroatoms. The molecule has 0 bridgehead atoms. The lowest BCUT2D eigenvalue weighted by molar-refractivity contribution is 0.348. The van der Waals surface area contributed by atoms with Crippen molar-refractivity contribution in [3.8, 4) is 0 Å². The van der Waals surface area contributed by atoms with Crippen molar-refractivity contribution in [1.29, 1.82) is 0 Å². The first kappa shape index (κ1) is 15.5. The smallest absolute Gasteiger partial charge is 0.246 e. The number of rotatable bonds is 5. The Labute approximate surface area is 125 Å². The highest BCUT2D eigenvalue weighted by Gasteiger charge is 2.29. The summed E-state index contributed by atoms with van der Waals surface area (Å²) in [6, 6.07) is 7.07. The first-order valence-corrected chi connectivity index (χ1v) is 8.12. The number of nitrogens with two attached hydrogens (primary N) is 1. The lowest BCUT2D eigenvalue weighted by atomic mass is 10.2. The number of H-pyrrole nitrogens is 1. The topological polar surface area (TPSA) is 92.1 Å². The number of anilines is 1. The van der Waals surface area contributed by atoms with Gasteiger partial charge in [0.25, 0.3) is 0 Å². The van der Waals surface area contributed by atoms with Crippen LogP contribution in [0.2, 0.25) is 0 Å². The summed E-state index contributed by atoms with van der Waals surface area (Å²) in [7, 11) is -3.60. The van der Waals surface area contributed by atoms with E-state index in [1.807, 2.05) is 26.0 Å². The van der Waals surface area contributed by atoms with Crippen LogP contribution < -0.4 is 5.73 Å². The number of nitrogens with one attached hydrogen (secondary N) is 1. The average Bonchev–Trinajstić information content (AvgIpc) is 2.82. The molecular weight excluding hydrogens is 288 g/mol. The maximum Gasteiger partial charge on any atom is 0.246 e. The molecule has 0 atom stereocenters. The van der Waals surface area contributed by atoms with Crippen LogP contribution in [0, 0.1) is 6.92 Å². The van der Waals surface area contributed by atoms with E-state index < -0.39 is 10.0 Å². The van der Waals surface area contributed by atoms with Gasteiger partial charge < -0.3 is 5.73 Å². The molecule has 0 aliphatic rings. The van der Waals surface area contributed by atoms with Crippen molar-refractivity contribution in [2.24, 2.45) is 0 Å². The van der Waals surface area contributed by atoms with Crippen LogP contribution in [0.15, 0.2) is 35.4 Å². The summed E-state index contributed by atoms with van der Waals surface area (Å²) in [5.74, 6) is 0. The van der Waals surface area contributed by atoms with Crippen LogP contribution in [0.5, 0.6) is 0 Å². The molecule has 0 saturated heterocycles. The van der Waals surface area contributed by atoms with Crippen molar-refractivity contribution in [1.82, 2.24) is 14.5 Å². The van der Waals surface area contributed by atoms with E-state index in [-0.39, 0.29) is 17.5 Å². The minimum Gasteiger partial charge on any atom is -0.399 e. The zero-order valence-electron chi connectivity index (χ0n) is 12.4. The van der Waals surface area contributed by atoms with Gasteiger partial charge in [-0.05, 0) is 38.5 Å². The Bertz CT molecular complexity index is 722. The van der Waals surface area contributed by atoms with Crippen molar-refractivity contribution < 1.29 is 8.42 Å². The van der Waals surface area contributed by atoms with Gasteiger partial charge in [-0.2, -0.15) is 9.40 Å². The van der Waals surface area contributed by atoms with Crippen LogP contribution in [0.1, 0.15) is 25.1 Å². The number of aromatic amines is 1. The van der Waals surface area contributed by atoms with Gasteiger partial charge in [-0.25, -0.2) is 8.42 Å². The molecule has 0 unspecified atom stereocenters. The van der Waals surface area contributed by atoms with Gasteiger partial charge in [-0.1, -0.05) is 12.1 Å². The number of benzene rings is 1. The number of aryl methyl sites for hydroxylation is 1. The highest BCUT2D eigenvalue weighted by atomic mass is 32.2. The van der Waals surface area contributed by atoms with E-state index in [1.165, 1.54) is 10.5 Å². The number of nitrogens with zero attached hydrogens (tertiary/aromatic N) is 2. The Morgan fingerprint density at radius 3 is 2.62 bits per heavy atom. The van der Waals surface area contributed by atoms with Gasteiger partial charge in [0.05, 0.1) is 11.9 Å². The molecule has 1 aromatic carbocycles. The Kier molecular flexibility index (Phi) is 4.34. The Hall–Kier alpha value is -1.86. The quantitative estimate of drug-likeness (QED) is 0.825. The van der Waals surface area contributed by atoms with Crippen LogP contribution in [0.4, 0.5) is 5.69 Å². The van der Waals surface area contributed by atoms with E-state index in [2.05, 4.69) is 10.2 Å². The molecule has 0 radical (unpaired) electrons. The molecule has 1 aromatic heterocycles. The number of sulfonamides is 1. The highest BCUT2D eigenvalue weighted by molar-refractivity contribution is 7.89. The highest BCUT2D eigenvalue weighted by Crippen LogP contribution is 2.22. The molecule has 6 nitrogen and oxygen atoms in total. The first-order valence-electron chi connectivity index (χ1n) is 6.68. The van der Waals surface area contributed by atoms with Gasteiger partial charge in [-0.15, -0.1) is 0 Å². The molecule has 2 aromatic rings. The maximum absolute atomic E-state index is 12.8. The van der Waals surface area contributed by atoms with E-state index in [9.17, 15) is 8.42 Å². The Morgan fingerprint density at radius 2 is 2.10 bits per heavy atom. The lowest BCUT2D eigenvalue weighted by Gasteiger charge is -2.25. The van der Waals surface area contributed by atoms with Crippen LogP contribution in [-0.2, 0) is 16.6 Å². The molecule has 1 heterocycles. The van der Waals surface area contributed by atoms with Crippen molar-refractivity contribution in [2.45, 2.75) is 38.3 Å². The number of hydrogen-bond donors (Lipinski definition) is 2. The van der Waals surface area contributed by atoms with Gasteiger partial charge in [-0.3, -0.25) is 5.10 Å². The zero-order chi connectivity index (χ0) is 15.6. The average molecular weight is 308 g/mol. The van der Waals surface area contributed by atoms with Crippen molar-refractivity contribution >= 4 is 15.7 Å². The third-order valence-corrected chi connectivity index (χ3v) is 5.37. The van der Waals surface area contributed by atoms with Crippen LogP contribution >= 0.6 is 0 Å². The second kappa shape index (κ2) is 5.87. The monoisotopic (exact) mass is 308 g/mol. The molecule has 3 N–H and O–H groups in total. The summed E-state index contributed by atoms with van der Waals surface area (Å²) in [6.45, 7) is 5.66.